The van der Waals surface area contributed by atoms with Crippen molar-refractivity contribution >= 4 is 11.6 Å². The predicted octanol–water partition coefficient (Wildman–Crippen LogP) is 4.00. The maximum Gasteiger partial charge on any atom is 0.262 e. The second kappa shape index (κ2) is 8.02. The molecule has 126 valence electrons. The van der Waals surface area contributed by atoms with E-state index in [0.717, 1.165) is 12.0 Å². The van der Waals surface area contributed by atoms with Gasteiger partial charge in [-0.2, -0.15) is 0 Å². The molecule has 0 saturated heterocycles. The number of rotatable bonds is 6. The summed E-state index contributed by atoms with van der Waals surface area (Å²) < 4.78 is 5.69. The van der Waals surface area contributed by atoms with Crippen LogP contribution >= 0.6 is 0 Å². The van der Waals surface area contributed by atoms with Gasteiger partial charge in [0.2, 0.25) is 0 Å². The number of anilines is 1. The Labute approximate surface area is 146 Å². The molecule has 0 bridgehead atoms. The van der Waals surface area contributed by atoms with E-state index < -0.39 is 0 Å². The first-order valence-corrected chi connectivity index (χ1v) is 8.05. The van der Waals surface area contributed by atoms with Crippen molar-refractivity contribution in [2.75, 3.05) is 11.9 Å². The van der Waals surface area contributed by atoms with Crippen molar-refractivity contribution in [1.29, 1.82) is 0 Å². The number of amides is 1. The largest absolute Gasteiger partial charge is 0.506 e. The van der Waals surface area contributed by atoms with Crippen LogP contribution in [0.2, 0.25) is 0 Å². The Morgan fingerprint density at radius 3 is 2.36 bits per heavy atom. The first-order valence-electron chi connectivity index (χ1n) is 8.05. The summed E-state index contributed by atoms with van der Waals surface area (Å²) >= 11 is 0. The molecule has 0 heterocycles. The Hall–Kier alpha value is -3.27. The summed E-state index contributed by atoms with van der Waals surface area (Å²) in [6, 6.07) is 24.4. The van der Waals surface area contributed by atoms with Gasteiger partial charge in [-0.1, -0.05) is 60.7 Å². The molecule has 3 aromatic carbocycles. The minimum absolute atomic E-state index is 0.0281. The van der Waals surface area contributed by atoms with E-state index in [1.54, 1.807) is 18.2 Å². The molecule has 4 nitrogen and oxygen atoms in total. The number of aromatic hydroxyl groups is 1. The first kappa shape index (κ1) is 16.6. The van der Waals surface area contributed by atoms with Gasteiger partial charge in [-0.05, 0) is 29.3 Å². The predicted molar refractivity (Wildman–Crippen MR) is 97.9 cm³/mol. The van der Waals surface area contributed by atoms with Crippen LogP contribution in [0.3, 0.4) is 0 Å². The Kier molecular flexibility index (Phi) is 5.32. The second-order valence-corrected chi connectivity index (χ2v) is 5.62. The van der Waals surface area contributed by atoms with E-state index in [4.69, 9.17) is 4.74 Å². The standard InChI is InChI=1S/C21H19NO3/c23-19-12-6-5-11-18(19)22-21(24)15-25-20-13-7-4-10-17(20)14-16-8-2-1-3-9-16/h1-13,23H,14-15H2,(H,22,24). The van der Waals surface area contributed by atoms with Gasteiger partial charge in [0.1, 0.15) is 11.5 Å². The van der Waals surface area contributed by atoms with Crippen LogP contribution in [0.25, 0.3) is 0 Å². The van der Waals surface area contributed by atoms with E-state index in [1.807, 2.05) is 42.5 Å². The highest BCUT2D eigenvalue weighted by Crippen LogP contribution is 2.23. The lowest BCUT2D eigenvalue weighted by Gasteiger charge is -2.12. The van der Waals surface area contributed by atoms with E-state index in [9.17, 15) is 9.90 Å². The van der Waals surface area contributed by atoms with Gasteiger partial charge in [0.25, 0.3) is 5.91 Å². The maximum absolute atomic E-state index is 12.1. The summed E-state index contributed by atoms with van der Waals surface area (Å²) in [5, 5.41) is 12.3. The van der Waals surface area contributed by atoms with E-state index >= 15 is 0 Å². The van der Waals surface area contributed by atoms with Crippen molar-refractivity contribution < 1.29 is 14.6 Å². The van der Waals surface area contributed by atoms with E-state index in [0.29, 0.717) is 11.4 Å². The Morgan fingerprint density at radius 2 is 1.56 bits per heavy atom. The third kappa shape index (κ3) is 4.61. The average Bonchev–Trinajstić information content (AvgIpc) is 2.64. The molecule has 3 rings (SSSR count). The monoisotopic (exact) mass is 333 g/mol. The molecule has 0 unspecified atom stereocenters. The molecule has 0 aliphatic rings. The van der Waals surface area contributed by atoms with Crippen LogP contribution in [-0.2, 0) is 11.2 Å². The van der Waals surface area contributed by atoms with Gasteiger partial charge in [-0.15, -0.1) is 0 Å². The lowest BCUT2D eigenvalue weighted by atomic mass is 10.0. The number of nitrogens with one attached hydrogen (secondary N) is 1. The average molecular weight is 333 g/mol. The van der Waals surface area contributed by atoms with Crippen LogP contribution in [-0.4, -0.2) is 17.6 Å². The van der Waals surface area contributed by atoms with Gasteiger partial charge in [-0.3, -0.25) is 4.79 Å². The SMILES string of the molecule is O=C(COc1ccccc1Cc1ccccc1)Nc1ccccc1O. The van der Waals surface area contributed by atoms with Crippen LogP contribution in [0.4, 0.5) is 5.69 Å². The number of phenolic OH excluding ortho intramolecular Hbond substituents is 1. The molecule has 25 heavy (non-hydrogen) atoms. The Bertz CT molecular complexity index is 847. The number of phenols is 1. The molecule has 0 aliphatic heterocycles. The topological polar surface area (TPSA) is 58.6 Å². The quantitative estimate of drug-likeness (QED) is 0.670. The molecule has 0 radical (unpaired) electrons. The summed E-state index contributed by atoms with van der Waals surface area (Å²) in [4.78, 5) is 12.1. The fourth-order valence-corrected chi connectivity index (χ4v) is 2.52. The number of hydrogen-bond acceptors (Lipinski definition) is 3. The zero-order chi connectivity index (χ0) is 17.5. The van der Waals surface area contributed by atoms with Gasteiger partial charge in [0.15, 0.2) is 6.61 Å². The van der Waals surface area contributed by atoms with Gasteiger partial charge in [0, 0.05) is 6.42 Å². The van der Waals surface area contributed by atoms with E-state index in [2.05, 4.69) is 17.4 Å². The lowest BCUT2D eigenvalue weighted by Crippen LogP contribution is -2.20. The smallest absolute Gasteiger partial charge is 0.262 e. The van der Waals surface area contributed by atoms with E-state index in [1.165, 1.54) is 11.6 Å². The van der Waals surface area contributed by atoms with Crippen LogP contribution < -0.4 is 10.1 Å². The van der Waals surface area contributed by atoms with Crippen LogP contribution in [0, 0.1) is 0 Å². The molecular weight excluding hydrogens is 314 g/mol. The van der Waals surface area contributed by atoms with Crippen LogP contribution in [0.5, 0.6) is 11.5 Å². The van der Waals surface area contributed by atoms with Gasteiger partial charge < -0.3 is 15.2 Å². The fraction of sp³-hybridized carbons (Fsp3) is 0.0952. The minimum atomic E-state index is -0.323. The summed E-state index contributed by atoms with van der Waals surface area (Å²) in [7, 11) is 0. The minimum Gasteiger partial charge on any atom is -0.506 e. The zero-order valence-electron chi connectivity index (χ0n) is 13.7. The van der Waals surface area contributed by atoms with Crippen molar-refractivity contribution in [3.8, 4) is 11.5 Å². The normalized spacial score (nSPS) is 10.2. The fourth-order valence-electron chi connectivity index (χ4n) is 2.52. The van der Waals surface area contributed by atoms with Gasteiger partial charge >= 0.3 is 0 Å². The molecule has 0 atom stereocenters. The Morgan fingerprint density at radius 1 is 0.880 bits per heavy atom. The third-order valence-electron chi connectivity index (χ3n) is 3.75. The summed E-state index contributed by atoms with van der Waals surface area (Å²) in [5.41, 5.74) is 2.56. The highest BCUT2D eigenvalue weighted by Gasteiger charge is 2.09. The van der Waals surface area contributed by atoms with Crippen molar-refractivity contribution in [2.24, 2.45) is 0 Å². The molecule has 3 aromatic rings. The molecule has 0 fully saturated rings. The number of para-hydroxylation sites is 3. The van der Waals surface area contributed by atoms with Gasteiger partial charge in [0.05, 0.1) is 5.69 Å². The van der Waals surface area contributed by atoms with Crippen molar-refractivity contribution in [3.05, 3.63) is 90.0 Å². The molecular formula is C21H19NO3. The number of hydrogen-bond donors (Lipinski definition) is 2. The molecule has 0 spiro atoms. The maximum atomic E-state index is 12.1. The molecule has 0 aromatic heterocycles. The summed E-state index contributed by atoms with van der Waals surface area (Å²) in [6.45, 7) is -0.125. The van der Waals surface area contributed by atoms with Crippen molar-refractivity contribution in [3.63, 3.8) is 0 Å². The molecule has 0 saturated carbocycles. The summed E-state index contributed by atoms with van der Waals surface area (Å²) in [6.07, 6.45) is 0.734. The molecule has 1 amide bonds. The van der Waals surface area contributed by atoms with Crippen molar-refractivity contribution in [2.45, 2.75) is 6.42 Å². The lowest BCUT2D eigenvalue weighted by molar-refractivity contribution is -0.118. The van der Waals surface area contributed by atoms with Gasteiger partial charge in [-0.25, -0.2) is 0 Å². The molecule has 0 aliphatic carbocycles. The third-order valence-corrected chi connectivity index (χ3v) is 3.75. The zero-order valence-corrected chi connectivity index (χ0v) is 13.7. The number of carbonyl (C=O) groups is 1. The van der Waals surface area contributed by atoms with E-state index in [-0.39, 0.29) is 18.3 Å². The number of ether oxygens (including phenoxy) is 1. The first-order chi connectivity index (χ1) is 12.2. The highest BCUT2D eigenvalue weighted by atomic mass is 16.5. The molecule has 2 N–H and O–H groups in total. The van der Waals surface area contributed by atoms with Crippen molar-refractivity contribution in [1.82, 2.24) is 0 Å². The highest BCUT2D eigenvalue weighted by molar-refractivity contribution is 5.93. The van der Waals surface area contributed by atoms with Crippen LogP contribution in [0.15, 0.2) is 78.9 Å². The Balaban J connectivity index is 1.63. The number of carbonyl (C=O) groups excluding carboxylic acids is 1. The number of benzene rings is 3. The molecule has 4 heteroatoms. The summed E-state index contributed by atoms with van der Waals surface area (Å²) in [5.74, 6) is 0.384. The van der Waals surface area contributed by atoms with Crippen LogP contribution in [0.1, 0.15) is 11.1 Å². The second-order valence-electron chi connectivity index (χ2n) is 5.62.